The molecular formula is C11H15N3O2S. The fourth-order valence-corrected chi connectivity index (χ4v) is 2.50. The molecule has 2 heterocycles. The lowest BCUT2D eigenvalue weighted by molar-refractivity contribution is -0.122. The minimum absolute atomic E-state index is 0.0726. The van der Waals surface area contributed by atoms with Crippen molar-refractivity contribution in [2.24, 2.45) is 5.10 Å². The third-order valence-corrected chi connectivity index (χ3v) is 3.36. The van der Waals surface area contributed by atoms with Gasteiger partial charge in [0.15, 0.2) is 0 Å². The maximum absolute atomic E-state index is 11.5. The first-order chi connectivity index (χ1) is 8.34. The van der Waals surface area contributed by atoms with Gasteiger partial charge >= 0.3 is 0 Å². The molecule has 5 nitrogen and oxygen atoms in total. The van der Waals surface area contributed by atoms with Crippen LogP contribution < -0.4 is 5.43 Å². The summed E-state index contributed by atoms with van der Waals surface area (Å²) in [6.07, 6.45) is 4.69. The van der Waals surface area contributed by atoms with Crippen molar-refractivity contribution < 1.29 is 9.21 Å². The zero-order valence-electron chi connectivity index (χ0n) is 9.46. The summed E-state index contributed by atoms with van der Waals surface area (Å²) in [5.41, 5.74) is 3.34. The fraction of sp³-hybridized carbons (Fsp3) is 0.455. The average molecular weight is 253 g/mol. The van der Waals surface area contributed by atoms with Gasteiger partial charge in [-0.1, -0.05) is 0 Å². The molecule has 0 unspecified atom stereocenters. The van der Waals surface area contributed by atoms with Gasteiger partial charge in [-0.15, -0.1) is 0 Å². The molecule has 0 aliphatic carbocycles. The van der Waals surface area contributed by atoms with Gasteiger partial charge in [0.1, 0.15) is 0 Å². The monoisotopic (exact) mass is 253 g/mol. The number of amides is 1. The van der Waals surface area contributed by atoms with Crippen LogP contribution in [0.3, 0.4) is 0 Å². The van der Waals surface area contributed by atoms with Crippen molar-refractivity contribution in [1.82, 2.24) is 10.3 Å². The van der Waals surface area contributed by atoms with Crippen molar-refractivity contribution in [3.8, 4) is 0 Å². The summed E-state index contributed by atoms with van der Waals surface area (Å²) in [6.45, 7) is 2.37. The summed E-state index contributed by atoms with van der Waals surface area (Å²) < 4.78 is 4.88. The molecule has 1 saturated heterocycles. The van der Waals surface area contributed by atoms with Gasteiger partial charge in [0, 0.05) is 30.2 Å². The van der Waals surface area contributed by atoms with Gasteiger partial charge < -0.3 is 4.42 Å². The Bertz CT molecular complexity index is 372. The Morgan fingerprint density at radius 3 is 3.12 bits per heavy atom. The molecule has 0 radical (unpaired) electrons. The van der Waals surface area contributed by atoms with Crippen molar-refractivity contribution in [3.05, 3.63) is 24.2 Å². The molecule has 1 amide bonds. The van der Waals surface area contributed by atoms with Crippen LogP contribution in [-0.2, 0) is 4.79 Å². The van der Waals surface area contributed by atoms with Gasteiger partial charge in [0.05, 0.1) is 25.3 Å². The van der Waals surface area contributed by atoms with Gasteiger partial charge in [0.25, 0.3) is 5.91 Å². The number of rotatable bonds is 4. The second-order valence-electron chi connectivity index (χ2n) is 3.74. The number of nitrogens with zero attached hydrogens (tertiary/aromatic N) is 2. The summed E-state index contributed by atoms with van der Waals surface area (Å²) in [5, 5.41) is 3.86. The van der Waals surface area contributed by atoms with E-state index in [2.05, 4.69) is 15.4 Å². The van der Waals surface area contributed by atoms with E-state index in [1.54, 1.807) is 24.8 Å². The first kappa shape index (κ1) is 12.2. The second-order valence-corrected chi connectivity index (χ2v) is 4.96. The van der Waals surface area contributed by atoms with Crippen LogP contribution >= 0.6 is 11.8 Å². The third kappa shape index (κ3) is 4.24. The van der Waals surface area contributed by atoms with Gasteiger partial charge in [-0.3, -0.25) is 9.69 Å². The summed E-state index contributed by atoms with van der Waals surface area (Å²) in [7, 11) is 0. The molecular weight excluding hydrogens is 238 g/mol. The Hall–Kier alpha value is -1.27. The molecule has 1 aliphatic heterocycles. The molecule has 0 saturated carbocycles. The summed E-state index contributed by atoms with van der Waals surface area (Å²) in [6, 6.07) is 1.78. The van der Waals surface area contributed by atoms with E-state index in [0.29, 0.717) is 6.54 Å². The smallest absolute Gasteiger partial charge is 0.254 e. The van der Waals surface area contributed by atoms with Crippen molar-refractivity contribution in [2.45, 2.75) is 0 Å². The molecule has 1 aliphatic rings. The zero-order chi connectivity index (χ0) is 11.9. The van der Waals surface area contributed by atoms with Gasteiger partial charge in [-0.2, -0.15) is 16.9 Å². The SMILES string of the molecule is O=C(CN1CCSCC1)N/N=C\c1ccoc1. The molecule has 6 heteroatoms. The molecule has 1 fully saturated rings. The highest BCUT2D eigenvalue weighted by Crippen LogP contribution is 2.08. The van der Waals surface area contributed by atoms with Crippen molar-refractivity contribution >= 4 is 23.9 Å². The van der Waals surface area contributed by atoms with E-state index < -0.39 is 0 Å². The lowest BCUT2D eigenvalue weighted by Crippen LogP contribution is -2.40. The van der Waals surface area contributed by atoms with Crippen molar-refractivity contribution in [2.75, 3.05) is 31.1 Å². The predicted molar refractivity (Wildman–Crippen MR) is 68.2 cm³/mol. The number of furan rings is 1. The van der Waals surface area contributed by atoms with E-state index in [9.17, 15) is 4.79 Å². The van der Waals surface area contributed by atoms with E-state index >= 15 is 0 Å². The Kier molecular flexibility index (Phi) is 4.63. The van der Waals surface area contributed by atoms with Gasteiger partial charge in [-0.05, 0) is 6.07 Å². The molecule has 2 rings (SSSR count). The molecule has 1 N–H and O–H groups in total. The van der Waals surface area contributed by atoms with Crippen molar-refractivity contribution in [3.63, 3.8) is 0 Å². The summed E-state index contributed by atoms with van der Waals surface area (Å²) in [5.74, 6) is 2.13. The topological polar surface area (TPSA) is 57.8 Å². The summed E-state index contributed by atoms with van der Waals surface area (Å²) >= 11 is 1.93. The summed E-state index contributed by atoms with van der Waals surface area (Å²) in [4.78, 5) is 13.7. The van der Waals surface area contributed by atoms with Crippen LogP contribution in [0, 0.1) is 0 Å². The Morgan fingerprint density at radius 2 is 2.41 bits per heavy atom. The quantitative estimate of drug-likeness (QED) is 0.636. The number of hydrogen-bond donors (Lipinski definition) is 1. The Morgan fingerprint density at radius 1 is 1.59 bits per heavy atom. The first-order valence-electron chi connectivity index (χ1n) is 5.49. The van der Waals surface area contributed by atoms with Crippen LogP contribution in [0.1, 0.15) is 5.56 Å². The Balaban J connectivity index is 1.70. The molecule has 1 aromatic heterocycles. The standard InChI is InChI=1S/C11H15N3O2S/c15-11(8-14-2-5-17-6-3-14)13-12-7-10-1-4-16-9-10/h1,4,7,9H,2-3,5-6,8H2,(H,13,15)/b12-7-. The highest BCUT2D eigenvalue weighted by molar-refractivity contribution is 7.99. The van der Waals surface area contributed by atoms with E-state index in [-0.39, 0.29) is 5.91 Å². The highest BCUT2D eigenvalue weighted by atomic mass is 32.2. The molecule has 0 bridgehead atoms. The number of carbonyl (C=O) groups is 1. The third-order valence-electron chi connectivity index (χ3n) is 2.42. The molecule has 0 aromatic carbocycles. The van der Waals surface area contributed by atoms with E-state index in [1.165, 1.54) is 0 Å². The minimum Gasteiger partial charge on any atom is -0.472 e. The molecule has 92 valence electrons. The van der Waals surface area contributed by atoms with Crippen LogP contribution in [0.5, 0.6) is 0 Å². The van der Waals surface area contributed by atoms with E-state index in [0.717, 1.165) is 30.2 Å². The Labute approximate surface area is 104 Å². The number of hydrazone groups is 1. The maximum Gasteiger partial charge on any atom is 0.254 e. The van der Waals surface area contributed by atoms with Crippen LogP contribution in [-0.4, -0.2) is 48.2 Å². The number of hydrogen-bond acceptors (Lipinski definition) is 5. The molecule has 0 atom stereocenters. The molecule has 0 spiro atoms. The fourth-order valence-electron chi connectivity index (χ4n) is 1.52. The van der Waals surface area contributed by atoms with Crippen LogP contribution in [0.15, 0.2) is 28.1 Å². The van der Waals surface area contributed by atoms with E-state index in [4.69, 9.17) is 4.42 Å². The lowest BCUT2D eigenvalue weighted by Gasteiger charge is -2.24. The normalized spacial score (nSPS) is 17.4. The largest absolute Gasteiger partial charge is 0.472 e. The highest BCUT2D eigenvalue weighted by Gasteiger charge is 2.13. The van der Waals surface area contributed by atoms with Crippen LogP contribution in [0.4, 0.5) is 0 Å². The van der Waals surface area contributed by atoms with Gasteiger partial charge in [-0.25, -0.2) is 5.43 Å². The minimum atomic E-state index is -0.0726. The molecule has 17 heavy (non-hydrogen) atoms. The zero-order valence-corrected chi connectivity index (χ0v) is 10.3. The first-order valence-corrected chi connectivity index (χ1v) is 6.64. The number of nitrogens with one attached hydrogen (secondary N) is 1. The number of carbonyl (C=O) groups excluding carboxylic acids is 1. The average Bonchev–Trinajstić information content (AvgIpc) is 2.83. The van der Waals surface area contributed by atoms with E-state index in [1.807, 2.05) is 11.8 Å². The number of thioether (sulfide) groups is 1. The van der Waals surface area contributed by atoms with Crippen LogP contribution in [0.25, 0.3) is 0 Å². The van der Waals surface area contributed by atoms with Crippen LogP contribution in [0.2, 0.25) is 0 Å². The van der Waals surface area contributed by atoms with Gasteiger partial charge in [0.2, 0.25) is 0 Å². The lowest BCUT2D eigenvalue weighted by atomic mass is 10.4. The maximum atomic E-state index is 11.5. The molecule has 1 aromatic rings. The predicted octanol–water partition coefficient (Wildman–Crippen LogP) is 0.778. The second kappa shape index (κ2) is 6.46. The van der Waals surface area contributed by atoms with Crippen molar-refractivity contribution in [1.29, 1.82) is 0 Å².